The van der Waals surface area contributed by atoms with Gasteiger partial charge in [-0.1, -0.05) is 18.2 Å². The van der Waals surface area contributed by atoms with Crippen LogP contribution in [0.4, 0.5) is 0 Å². The van der Waals surface area contributed by atoms with Gasteiger partial charge >= 0.3 is 0 Å². The molecule has 2 aromatic rings. The predicted molar refractivity (Wildman–Crippen MR) is 66.1 cm³/mol. The molecule has 0 unspecified atom stereocenters. The van der Waals surface area contributed by atoms with Crippen molar-refractivity contribution < 1.29 is 0 Å². The van der Waals surface area contributed by atoms with E-state index in [0.717, 1.165) is 6.42 Å². The van der Waals surface area contributed by atoms with E-state index in [1.54, 1.807) is 0 Å². The zero-order chi connectivity index (χ0) is 11.4. The molecule has 0 atom stereocenters. The highest BCUT2D eigenvalue weighted by molar-refractivity contribution is 5.34. The summed E-state index contributed by atoms with van der Waals surface area (Å²) in [5.41, 5.74) is 10.7. The summed E-state index contributed by atoms with van der Waals surface area (Å²) in [6.45, 7) is 2.74. The second kappa shape index (κ2) is 4.90. The minimum absolute atomic E-state index is 0.608. The highest BCUT2D eigenvalue weighted by Gasteiger charge is 2.00. The number of aromatic nitrogens is 1. The van der Waals surface area contributed by atoms with Gasteiger partial charge in [-0.25, -0.2) is 0 Å². The Hall–Kier alpha value is -1.67. The van der Waals surface area contributed by atoms with Crippen molar-refractivity contribution in [2.24, 2.45) is 5.73 Å². The smallest absolute Gasteiger partial charge is 0.0270 e. The average molecular weight is 212 g/mol. The molecule has 0 spiro atoms. The monoisotopic (exact) mass is 212 g/mol. The minimum atomic E-state index is 0.608. The Morgan fingerprint density at radius 1 is 1.06 bits per heavy atom. The predicted octanol–water partition coefficient (Wildman–Crippen LogP) is 2.44. The summed E-state index contributed by atoms with van der Waals surface area (Å²) in [4.78, 5) is 4.02. The fourth-order valence-electron chi connectivity index (χ4n) is 1.80. The second-order valence-electron chi connectivity index (χ2n) is 4.00. The van der Waals surface area contributed by atoms with Crippen LogP contribution < -0.4 is 5.73 Å². The minimum Gasteiger partial charge on any atom is -0.326 e. The quantitative estimate of drug-likeness (QED) is 0.848. The third kappa shape index (κ3) is 2.47. The van der Waals surface area contributed by atoms with Crippen LogP contribution in [-0.4, -0.2) is 4.98 Å². The largest absolute Gasteiger partial charge is 0.326 e. The molecule has 0 aliphatic rings. The van der Waals surface area contributed by atoms with E-state index < -0.39 is 0 Å². The van der Waals surface area contributed by atoms with Crippen molar-refractivity contribution in [1.82, 2.24) is 4.98 Å². The molecule has 0 saturated carbocycles. The first kappa shape index (κ1) is 10.8. The Labute approximate surface area is 96.1 Å². The summed E-state index contributed by atoms with van der Waals surface area (Å²) in [5.74, 6) is 0. The number of rotatable bonds is 3. The van der Waals surface area contributed by atoms with E-state index in [4.69, 9.17) is 5.73 Å². The van der Waals surface area contributed by atoms with Gasteiger partial charge in [0.25, 0.3) is 0 Å². The standard InChI is InChI=1S/C14H16N2/c1-11-8-13(10-15)2-3-14(11)9-12-4-6-16-7-5-12/h2-8H,9-10,15H2,1H3. The number of benzene rings is 1. The molecule has 2 nitrogen and oxygen atoms in total. The van der Waals surface area contributed by atoms with Gasteiger partial charge in [0.2, 0.25) is 0 Å². The molecule has 2 rings (SSSR count). The van der Waals surface area contributed by atoms with E-state index in [2.05, 4.69) is 42.2 Å². The summed E-state index contributed by atoms with van der Waals surface area (Å²) in [6, 6.07) is 10.5. The topological polar surface area (TPSA) is 38.9 Å². The number of aryl methyl sites for hydroxylation is 1. The van der Waals surface area contributed by atoms with Crippen molar-refractivity contribution in [3.8, 4) is 0 Å². The molecule has 2 N–H and O–H groups in total. The van der Waals surface area contributed by atoms with Gasteiger partial charge in [-0.3, -0.25) is 4.98 Å². The molecule has 0 bridgehead atoms. The summed E-state index contributed by atoms with van der Waals surface area (Å²) >= 11 is 0. The second-order valence-corrected chi connectivity index (χ2v) is 4.00. The SMILES string of the molecule is Cc1cc(CN)ccc1Cc1ccncc1. The lowest BCUT2D eigenvalue weighted by Gasteiger charge is -2.07. The van der Waals surface area contributed by atoms with Crippen LogP contribution in [0.2, 0.25) is 0 Å². The van der Waals surface area contributed by atoms with Crippen LogP contribution in [0.1, 0.15) is 22.3 Å². The van der Waals surface area contributed by atoms with Crippen LogP contribution in [0, 0.1) is 6.92 Å². The molecule has 0 aliphatic heterocycles. The summed E-state index contributed by atoms with van der Waals surface area (Å²) in [5, 5.41) is 0. The zero-order valence-electron chi connectivity index (χ0n) is 9.48. The number of nitrogens with two attached hydrogens (primary N) is 1. The van der Waals surface area contributed by atoms with E-state index in [9.17, 15) is 0 Å². The third-order valence-corrected chi connectivity index (χ3v) is 2.79. The molecule has 16 heavy (non-hydrogen) atoms. The first-order chi connectivity index (χ1) is 7.79. The maximum atomic E-state index is 5.61. The van der Waals surface area contributed by atoms with Crippen molar-refractivity contribution in [1.29, 1.82) is 0 Å². The molecule has 1 heterocycles. The fourth-order valence-corrected chi connectivity index (χ4v) is 1.80. The molecule has 0 amide bonds. The van der Waals surface area contributed by atoms with Crippen molar-refractivity contribution in [3.63, 3.8) is 0 Å². The molecular weight excluding hydrogens is 196 g/mol. The Balaban J connectivity index is 2.22. The summed E-state index contributed by atoms with van der Waals surface area (Å²) in [7, 11) is 0. The van der Waals surface area contributed by atoms with Gasteiger partial charge in [-0.05, 0) is 47.7 Å². The Morgan fingerprint density at radius 2 is 1.81 bits per heavy atom. The van der Waals surface area contributed by atoms with Gasteiger partial charge in [0, 0.05) is 18.9 Å². The van der Waals surface area contributed by atoms with Gasteiger partial charge in [0.05, 0.1) is 0 Å². The molecule has 1 aromatic carbocycles. The van der Waals surface area contributed by atoms with E-state index in [1.807, 2.05) is 12.4 Å². The number of hydrogen-bond donors (Lipinski definition) is 1. The van der Waals surface area contributed by atoms with Crippen LogP contribution >= 0.6 is 0 Å². The highest BCUT2D eigenvalue weighted by Crippen LogP contribution is 2.15. The van der Waals surface area contributed by atoms with Crippen LogP contribution in [0.5, 0.6) is 0 Å². The maximum Gasteiger partial charge on any atom is 0.0270 e. The van der Waals surface area contributed by atoms with Gasteiger partial charge in [-0.15, -0.1) is 0 Å². The number of nitrogens with zero attached hydrogens (tertiary/aromatic N) is 1. The average Bonchev–Trinajstić information content (AvgIpc) is 2.33. The van der Waals surface area contributed by atoms with E-state index in [1.165, 1.54) is 22.3 Å². The van der Waals surface area contributed by atoms with Crippen molar-refractivity contribution in [3.05, 3.63) is 65.0 Å². The van der Waals surface area contributed by atoms with Crippen LogP contribution in [0.3, 0.4) is 0 Å². The van der Waals surface area contributed by atoms with Gasteiger partial charge in [0.15, 0.2) is 0 Å². The van der Waals surface area contributed by atoms with Crippen LogP contribution in [-0.2, 0) is 13.0 Å². The van der Waals surface area contributed by atoms with Crippen molar-refractivity contribution >= 4 is 0 Å². The number of pyridine rings is 1. The lowest BCUT2D eigenvalue weighted by atomic mass is 9.99. The highest BCUT2D eigenvalue weighted by atomic mass is 14.6. The van der Waals surface area contributed by atoms with Crippen LogP contribution in [0.15, 0.2) is 42.7 Å². The first-order valence-electron chi connectivity index (χ1n) is 5.47. The summed E-state index contributed by atoms with van der Waals surface area (Å²) < 4.78 is 0. The molecule has 0 fully saturated rings. The fraction of sp³-hybridized carbons (Fsp3) is 0.214. The molecule has 0 aliphatic carbocycles. The molecular formula is C14H16N2. The molecule has 0 radical (unpaired) electrons. The molecule has 2 heteroatoms. The Bertz CT molecular complexity index is 463. The van der Waals surface area contributed by atoms with E-state index in [-0.39, 0.29) is 0 Å². The zero-order valence-corrected chi connectivity index (χ0v) is 9.48. The molecule has 82 valence electrons. The molecule has 1 aromatic heterocycles. The van der Waals surface area contributed by atoms with Crippen molar-refractivity contribution in [2.45, 2.75) is 19.9 Å². The van der Waals surface area contributed by atoms with Crippen molar-refractivity contribution in [2.75, 3.05) is 0 Å². The van der Waals surface area contributed by atoms with E-state index in [0.29, 0.717) is 6.54 Å². The normalized spacial score (nSPS) is 10.4. The Morgan fingerprint density at radius 3 is 2.44 bits per heavy atom. The van der Waals surface area contributed by atoms with Crippen LogP contribution in [0.25, 0.3) is 0 Å². The van der Waals surface area contributed by atoms with Gasteiger partial charge in [-0.2, -0.15) is 0 Å². The Kier molecular flexibility index (Phi) is 3.32. The lowest BCUT2D eigenvalue weighted by molar-refractivity contribution is 1.05. The molecule has 0 saturated heterocycles. The number of hydrogen-bond acceptors (Lipinski definition) is 2. The third-order valence-electron chi connectivity index (χ3n) is 2.79. The van der Waals surface area contributed by atoms with Gasteiger partial charge < -0.3 is 5.73 Å². The van der Waals surface area contributed by atoms with E-state index >= 15 is 0 Å². The lowest BCUT2D eigenvalue weighted by Crippen LogP contribution is -1.99. The maximum absolute atomic E-state index is 5.61. The first-order valence-corrected chi connectivity index (χ1v) is 5.47. The summed E-state index contributed by atoms with van der Waals surface area (Å²) in [6.07, 6.45) is 4.62. The van der Waals surface area contributed by atoms with Gasteiger partial charge in [0.1, 0.15) is 0 Å².